The summed E-state index contributed by atoms with van der Waals surface area (Å²) in [6, 6.07) is 4.45. The van der Waals surface area contributed by atoms with E-state index >= 15 is 0 Å². The van der Waals surface area contributed by atoms with E-state index in [2.05, 4.69) is 5.10 Å². The Labute approximate surface area is 160 Å². The SMILES string of the molecule is Cn1cc(/C=C/C(=O)N2CCCC(C(=O)c3cccc(C(F)(F)F)c3)C2)cn1. The van der Waals surface area contributed by atoms with Gasteiger partial charge >= 0.3 is 6.18 Å². The van der Waals surface area contributed by atoms with Gasteiger partial charge in [0.05, 0.1) is 11.8 Å². The predicted molar refractivity (Wildman–Crippen MR) is 97.3 cm³/mol. The summed E-state index contributed by atoms with van der Waals surface area (Å²) in [7, 11) is 1.77. The highest BCUT2D eigenvalue weighted by molar-refractivity contribution is 5.99. The fourth-order valence-electron chi connectivity index (χ4n) is 3.27. The first-order chi connectivity index (χ1) is 13.2. The van der Waals surface area contributed by atoms with E-state index < -0.39 is 17.7 Å². The summed E-state index contributed by atoms with van der Waals surface area (Å²) in [5.74, 6) is -1.10. The van der Waals surface area contributed by atoms with Gasteiger partial charge in [-0.1, -0.05) is 12.1 Å². The minimum atomic E-state index is -4.50. The molecule has 1 unspecified atom stereocenters. The summed E-state index contributed by atoms with van der Waals surface area (Å²) in [5.41, 5.74) is -0.0361. The van der Waals surface area contributed by atoms with Crippen LogP contribution in [0, 0.1) is 5.92 Å². The molecule has 0 saturated carbocycles. The van der Waals surface area contributed by atoms with Gasteiger partial charge in [0.1, 0.15) is 0 Å². The number of carbonyl (C=O) groups is 2. The van der Waals surface area contributed by atoms with E-state index in [1.807, 2.05) is 0 Å². The number of aromatic nitrogens is 2. The minimum absolute atomic E-state index is 0.0278. The monoisotopic (exact) mass is 391 g/mol. The zero-order valence-corrected chi connectivity index (χ0v) is 15.3. The van der Waals surface area contributed by atoms with E-state index in [1.54, 1.807) is 35.1 Å². The number of rotatable bonds is 4. The quantitative estimate of drug-likeness (QED) is 0.591. The molecule has 1 aliphatic heterocycles. The number of benzene rings is 1. The summed E-state index contributed by atoms with van der Waals surface area (Å²) < 4.78 is 40.3. The molecule has 0 aliphatic carbocycles. The van der Waals surface area contributed by atoms with Crippen molar-refractivity contribution in [1.82, 2.24) is 14.7 Å². The third-order valence-electron chi connectivity index (χ3n) is 4.72. The van der Waals surface area contributed by atoms with Crippen molar-refractivity contribution < 1.29 is 22.8 Å². The molecule has 1 saturated heterocycles. The van der Waals surface area contributed by atoms with Crippen LogP contribution in [0.15, 0.2) is 42.7 Å². The molecule has 5 nitrogen and oxygen atoms in total. The fourth-order valence-corrected chi connectivity index (χ4v) is 3.27. The van der Waals surface area contributed by atoms with Crippen LogP contribution < -0.4 is 0 Å². The van der Waals surface area contributed by atoms with Crippen molar-refractivity contribution in [2.75, 3.05) is 13.1 Å². The summed E-state index contributed by atoms with van der Waals surface area (Å²) >= 11 is 0. The molecule has 0 radical (unpaired) electrons. The molecule has 1 aromatic carbocycles. The van der Waals surface area contributed by atoms with Crippen molar-refractivity contribution in [3.63, 3.8) is 0 Å². The van der Waals surface area contributed by atoms with E-state index in [0.717, 1.165) is 17.7 Å². The van der Waals surface area contributed by atoms with Crippen molar-refractivity contribution in [2.45, 2.75) is 19.0 Å². The highest BCUT2D eigenvalue weighted by Crippen LogP contribution is 2.30. The van der Waals surface area contributed by atoms with Gasteiger partial charge in [-0.15, -0.1) is 0 Å². The normalized spacial score (nSPS) is 17.9. The Morgan fingerprint density at radius 3 is 2.75 bits per heavy atom. The second-order valence-corrected chi connectivity index (χ2v) is 6.85. The Bertz CT molecular complexity index is 902. The summed E-state index contributed by atoms with van der Waals surface area (Å²) in [6.45, 7) is 0.716. The number of piperidine rings is 1. The fraction of sp³-hybridized carbons (Fsp3) is 0.350. The highest BCUT2D eigenvalue weighted by Gasteiger charge is 2.33. The maximum Gasteiger partial charge on any atom is 0.416 e. The van der Waals surface area contributed by atoms with Gasteiger partial charge in [-0.05, 0) is 31.1 Å². The Kier molecular flexibility index (Phi) is 5.67. The van der Waals surface area contributed by atoms with Gasteiger partial charge in [0, 0.05) is 49.5 Å². The Morgan fingerprint density at radius 2 is 2.07 bits per heavy atom. The Balaban J connectivity index is 1.68. The lowest BCUT2D eigenvalue weighted by Gasteiger charge is -2.31. The summed E-state index contributed by atoms with van der Waals surface area (Å²) in [6.07, 6.45) is 3.14. The van der Waals surface area contributed by atoms with E-state index in [9.17, 15) is 22.8 Å². The van der Waals surface area contributed by atoms with Crippen LogP contribution in [-0.2, 0) is 18.0 Å². The van der Waals surface area contributed by atoms with Crippen molar-refractivity contribution >= 4 is 17.8 Å². The van der Waals surface area contributed by atoms with Crippen LogP contribution in [0.5, 0.6) is 0 Å². The molecular weight excluding hydrogens is 371 g/mol. The lowest BCUT2D eigenvalue weighted by atomic mass is 9.89. The van der Waals surface area contributed by atoms with Crippen LogP contribution in [-0.4, -0.2) is 39.5 Å². The summed E-state index contributed by atoms with van der Waals surface area (Å²) in [4.78, 5) is 26.7. The number of ketones is 1. The van der Waals surface area contributed by atoms with E-state index in [4.69, 9.17) is 0 Å². The number of halogens is 3. The van der Waals surface area contributed by atoms with Crippen molar-refractivity contribution in [1.29, 1.82) is 0 Å². The molecule has 148 valence electrons. The molecule has 1 atom stereocenters. The molecule has 2 aromatic rings. The molecular formula is C20H20F3N3O2. The van der Waals surface area contributed by atoms with Gasteiger partial charge in [0.15, 0.2) is 5.78 Å². The molecule has 3 rings (SSSR count). The third kappa shape index (κ3) is 4.68. The molecule has 0 bridgehead atoms. The molecule has 1 fully saturated rings. The van der Waals surface area contributed by atoms with Gasteiger partial charge in [-0.25, -0.2) is 0 Å². The van der Waals surface area contributed by atoms with Crippen LogP contribution in [0.3, 0.4) is 0 Å². The number of amides is 1. The maximum absolute atomic E-state index is 12.9. The first kappa shape index (κ1) is 19.9. The smallest absolute Gasteiger partial charge is 0.338 e. The summed E-state index contributed by atoms with van der Waals surface area (Å²) in [5, 5.41) is 4.02. The zero-order chi connectivity index (χ0) is 20.3. The van der Waals surface area contributed by atoms with Crippen LogP contribution in [0.4, 0.5) is 13.2 Å². The average molecular weight is 391 g/mol. The predicted octanol–water partition coefficient (Wildman–Crippen LogP) is 3.57. The lowest BCUT2D eigenvalue weighted by molar-refractivity contribution is -0.137. The zero-order valence-electron chi connectivity index (χ0n) is 15.3. The second kappa shape index (κ2) is 8.00. The number of alkyl halides is 3. The van der Waals surface area contributed by atoms with Crippen LogP contribution >= 0.6 is 0 Å². The maximum atomic E-state index is 12.9. The van der Waals surface area contributed by atoms with Crippen LogP contribution in [0.1, 0.15) is 34.3 Å². The van der Waals surface area contributed by atoms with Crippen LogP contribution in [0.25, 0.3) is 6.08 Å². The number of aryl methyl sites for hydroxylation is 1. The molecule has 0 spiro atoms. The van der Waals surface area contributed by atoms with Crippen LogP contribution in [0.2, 0.25) is 0 Å². The van der Waals surface area contributed by atoms with Gasteiger partial charge in [0.25, 0.3) is 0 Å². The number of Topliss-reactive ketones (excluding diaryl/α,β-unsaturated/α-hetero) is 1. The number of hydrogen-bond donors (Lipinski definition) is 0. The van der Waals surface area contributed by atoms with Crippen molar-refractivity contribution in [3.05, 3.63) is 59.4 Å². The topological polar surface area (TPSA) is 55.2 Å². The molecule has 2 heterocycles. The largest absolute Gasteiger partial charge is 0.416 e. The van der Waals surface area contributed by atoms with Gasteiger partial charge in [0.2, 0.25) is 5.91 Å². The van der Waals surface area contributed by atoms with Crippen molar-refractivity contribution in [2.24, 2.45) is 13.0 Å². The van der Waals surface area contributed by atoms with Gasteiger partial charge in [-0.3, -0.25) is 14.3 Å². The average Bonchev–Trinajstić information content (AvgIpc) is 3.10. The Morgan fingerprint density at radius 1 is 1.29 bits per heavy atom. The first-order valence-corrected chi connectivity index (χ1v) is 8.91. The van der Waals surface area contributed by atoms with Crippen molar-refractivity contribution in [3.8, 4) is 0 Å². The molecule has 1 aliphatic rings. The number of nitrogens with zero attached hydrogens (tertiary/aromatic N) is 3. The first-order valence-electron chi connectivity index (χ1n) is 8.91. The molecule has 1 amide bonds. The molecule has 0 N–H and O–H groups in total. The number of hydrogen-bond acceptors (Lipinski definition) is 3. The highest BCUT2D eigenvalue weighted by atomic mass is 19.4. The minimum Gasteiger partial charge on any atom is -0.338 e. The Hall–Kier alpha value is -2.90. The van der Waals surface area contributed by atoms with Gasteiger partial charge < -0.3 is 4.90 Å². The van der Waals surface area contributed by atoms with E-state index in [1.165, 1.54) is 18.2 Å². The molecule has 8 heteroatoms. The van der Waals surface area contributed by atoms with E-state index in [0.29, 0.717) is 19.4 Å². The van der Waals surface area contributed by atoms with Gasteiger partial charge in [-0.2, -0.15) is 18.3 Å². The number of likely N-dealkylation sites (tertiary alicyclic amines) is 1. The lowest BCUT2D eigenvalue weighted by Crippen LogP contribution is -2.41. The van der Waals surface area contributed by atoms with E-state index in [-0.39, 0.29) is 23.8 Å². The third-order valence-corrected chi connectivity index (χ3v) is 4.72. The number of carbonyl (C=O) groups excluding carboxylic acids is 2. The molecule has 1 aromatic heterocycles. The second-order valence-electron chi connectivity index (χ2n) is 6.85. The standard InChI is InChI=1S/C20H20F3N3O2/c1-25-12-14(11-24-25)7-8-18(27)26-9-3-5-16(13-26)19(28)15-4-2-6-17(10-15)20(21,22)23/h2,4,6-8,10-12,16H,3,5,9,13H2,1H3/b8-7+. The molecule has 28 heavy (non-hydrogen) atoms.